The highest BCUT2D eigenvalue weighted by Gasteiger charge is 2.33. The second-order valence-corrected chi connectivity index (χ2v) is 7.47. The fourth-order valence-corrected chi connectivity index (χ4v) is 3.81. The van der Waals surface area contributed by atoms with Gasteiger partial charge in [-0.25, -0.2) is 14.4 Å². The molecule has 0 aliphatic carbocycles. The molecule has 1 atom stereocenters. The number of hydrogen-bond donors (Lipinski definition) is 0. The van der Waals surface area contributed by atoms with Crippen molar-refractivity contribution in [3.05, 3.63) is 71.3 Å². The number of hydrogen-bond acceptors (Lipinski definition) is 5. The number of benzene rings is 1. The minimum atomic E-state index is -0.530. The van der Waals surface area contributed by atoms with Crippen LogP contribution in [0.1, 0.15) is 30.4 Å². The highest BCUT2D eigenvalue weighted by molar-refractivity contribution is 6.30. The van der Waals surface area contributed by atoms with Crippen LogP contribution in [0, 0.1) is 12.7 Å². The lowest BCUT2D eigenvalue weighted by atomic mass is 10.0. The van der Waals surface area contributed by atoms with Crippen LogP contribution in [-0.4, -0.2) is 38.9 Å². The first-order valence-corrected chi connectivity index (χ1v) is 10.0. The lowest BCUT2D eigenvalue weighted by Gasteiger charge is -2.26. The van der Waals surface area contributed by atoms with Crippen molar-refractivity contribution < 1.29 is 13.9 Å². The van der Waals surface area contributed by atoms with E-state index in [1.54, 1.807) is 23.5 Å². The average Bonchev–Trinajstić information content (AvgIpc) is 3.25. The van der Waals surface area contributed by atoms with Crippen LogP contribution in [0.2, 0.25) is 5.02 Å². The van der Waals surface area contributed by atoms with Gasteiger partial charge in [0.05, 0.1) is 16.8 Å². The van der Waals surface area contributed by atoms with Crippen LogP contribution in [0.4, 0.5) is 4.39 Å². The van der Waals surface area contributed by atoms with Gasteiger partial charge in [0, 0.05) is 36.8 Å². The van der Waals surface area contributed by atoms with Crippen molar-refractivity contribution in [1.82, 2.24) is 19.9 Å². The molecule has 30 heavy (non-hydrogen) atoms. The van der Waals surface area contributed by atoms with Crippen LogP contribution >= 0.6 is 11.6 Å². The van der Waals surface area contributed by atoms with E-state index in [4.69, 9.17) is 16.3 Å². The van der Waals surface area contributed by atoms with E-state index in [-0.39, 0.29) is 23.6 Å². The summed E-state index contributed by atoms with van der Waals surface area (Å²) in [6.07, 6.45) is 6.92. The third-order valence-electron chi connectivity index (χ3n) is 5.07. The first-order chi connectivity index (χ1) is 14.5. The number of likely N-dealkylation sites (tertiary alicyclic amines) is 1. The van der Waals surface area contributed by atoms with Gasteiger partial charge in [-0.15, -0.1) is 0 Å². The third kappa shape index (κ3) is 4.26. The molecule has 0 spiro atoms. The Kier molecular flexibility index (Phi) is 5.90. The van der Waals surface area contributed by atoms with Crippen molar-refractivity contribution in [2.24, 2.45) is 0 Å². The molecule has 3 heterocycles. The molecule has 2 aromatic heterocycles. The van der Waals surface area contributed by atoms with Gasteiger partial charge in [0.1, 0.15) is 17.4 Å². The highest BCUT2D eigenvalue weighted by atomic mass is 35.5. The van der Waals surface area contributed by atoms with Crippen LogP contribution < -0.4 is 4.74 Å². The van der Waals surface area contributed by atoms with E-state index in [1.807, 2.05) is 19.1 Å². The van der Waals surface area contributed by atoms with E-state index in [1.165, 1.54) is 18.2 Å². The Bertz CT molecular complexity index is 1060. The molecule has 0 saturated carbocycles. The summed E-state index contributed by atoms with van der Waals surface area (Å²) in [7, 11) is 0. The molecule has 0 radical (unpaired) electrons. The summed E-state index contributed by atoms with van der Waals surface area (Å²) in [5, 5.41) is -0.0440. The lowest BCUT2D eigenvalue weighted by molar-refractivity contribution is -0.134. The van der Waals surface area contributed by atoms with Crippen molar-refractivity contribution in [1.29, 1.82) is 0 Å². The number of carbonyl (C=O) groups is 1. The predicted octanol–water partition coefficient (Wildman–Crippen LogP) is 4.38. The Morgan fingerprint density at radius 1 is 1.30 bits per heavy atom. The minimum absolute atomic E-state index is 0.0440. The van der Waals surface area contributed by atoms with E-state index in [9.17, 15) is 9.18 Å². The van der Waals surface area contributed by atoms with Crippen LogP contribution in [-0.2, 0) is 4.79 Å². The molecule has 1 aliphatic heterocycles. The van der Waals surface area contributed by atoms with Crippen LogP contribution in [0.25, 0.3) is 11.1 Å². The van der Waals surface area contributed by atoms with Crippen LogP contribution in [0.5, 0.6) is 5.75 Å². The zero-order valence-corrected chi connectivity index (χ0v) is 17.1. The van der Waals surface area contributed by atoms with Crippen molar-refractivity contribution in [3.8, 4) is 16.9 Å². The minimum Gasteiger partial charge on any atom is -0.484 e. The average molecular weight is 427 g/mol. The lowest BCUT2D eigenvalue weighted by Crippen LogP contribution is -2.35. The second-order valence-electron chi connectivity index (χ2n) is 7.06. The van der Waals surface area contributed by atoms with E-state index in [0.29, 0.717) is 18.1 Å². The molecule has 0 bridgehead atoms. The van der Waals surface area contributed by atoms with Gasteiger partial charge >= 0.3 is 0 Å². The first kappa shape index (κ1) is 20.2. The van der Waals surface area contributed by atoms with Gasteiger partial charge in [0.2, 0.25) is 0 Å². The number of aryl methyl sites for hydroxylation is 1. The molecule has 1 aliphatic rings. The number of amides is 1. The Labute approximate surface area is 178 Å². The molecule has 1 unspecified atom stereocenters. The second kappa shape index (κ2) is 8.75. The smallest absolute Gasteiger partial charge is 0.261 e. The van der Waals surface area contributed by atoms with Crippen molar-refractivity contribution in [2.45, 2.75) is 25.8 Å². The van der Waals surface area contributed by atoms with Crippen LogP contribution in [0.15, 0.2) is 48.9 Å². The first-order valence-electron chi connectivity index (χ1n) is 9.64. The van der Waals surface area contributed by atoms with Gasteiger partial charge < -0.3 is 9.64 Å². The molecule has 8 heteroatoms. The maximum atomic E-state index is 13.3. The maximum Gasteiger partial charge on any atom is 0.261 e. The Balaban J connectivity index is 1.55. The largest absolute Gasteiger partial charge is 0.484 e. The van der Waals surface area contributed by atoms with Crippen molar-refractivity contribution in [2.75, 3.05) is 13.2 Å². The molecular weight excluding hydrogens is 407 g/mol. The Hall–Kier alpha value is -3.06. The molecule has 1 aromatic carbocycles. The van der Waals surface area contributed by atoms with Crippen LogP contribution in [0.3, 0.4) is 0 Å². The molecule has 0 N–H and O–H groups in total. The zero-order valence-electron chi connectivity index (χ0n) is 16.4. The van der Waals surface area contributed by atoms with E-state index >= 15 is 0 Å². The summed E-state index contributed by atoms with van der Waals surface area (Å²) in [6.45, 7) is 2.30. The Morgan fingerprint density at radius 3 is 2.87 bits per heavy atom. The summed E-state index contributed by atoms with van der Waals surface area (Å²) in [6, 6.07) is 7.67. The maximum absolute atomic E-state index is 13.3. The predicted molar refractivity (Wildman–Crippen MR) is 111 cm³/mol. The zero-order chi connectivity index (χ0) is 21.1. The summed E-state index contributed by atoms with van der Waals surface area (Å²) in [5.41, 5.74) is 2.67. The highest BCUT2D eigenvalue weighted by Crippen LogP contribution is 2.36. The van der Waals surface area contributed by atoms with Gasteiger partial charge in [0.25, 0.3) is 5.91 Å². The molecular formula is C22H20ClFN4O2. The molecule has 1 amide bonds. The topological polar surface area (TPSA) is 68.2 Å². The van der Waals surface area contributed by atoms with Gasteiger partial charge in [0.15, 0.2) is 6.61 Å². The number of rotatable bonds is 5. The van der Waals surface area contributed by atoms with Gasteiger partial charge in [-0.2, -0.15) is 0 Å². The number of carbonyl (C=O) groups excluding carboxylic acids is 1. The number of pyridine rings is 1. The quantitative estimate of drug-likeness (QED) is 0.605. The third-order valence-corrected chi connectivity index (χ3v) is 5.36. The normalized spacial score (nSPS) is 16.0. The van der Waals surface area contributed by atoms with Gasteiger partial charge in [-0.05, 0) is 49.6 Å². The van der Waals surface area contributed by atoms with E-state index in [0.717, 1.165) is 29.7 Å². The number of nitrogens with zero attached hydrogens (tertiary/aromatic N) is 4. The fraction of sp³-hybridized carbons (Fsp3) is 0.273. The standard InChI is InChI=1S/C22H20ClFN4O2/c1-14-26-12-17(15-6-8-25-9-7-15)22(27-14)20-3-2-10-28(20)21(29)13-30-16-4-5-19(24)18(23)11-16/h4-9,11-12,20H,2-3,10,13H2,1H3. The monoisotopic (exact) mass is 426 g/mol. The fourth-order valence-electron chi connectivity index (χ4n) is 3.64. The van der Waals surface area contributed by atoms with E-state index < -0.39 is 5.82 Å². The van der Waals surface area contributed by atoms with Crippen molar-refractivity contribution in [3.63, 3.8) is 0 Å². The number of halogens is 2. The summed E-state index contributed by atoms with van der Waals surface area (Å²) >= 11 is 5.78. The molecule has 154 valence electrons. The number of aromatic nitrogens is 3. The molecule has 1 saturated heterocycles. The van der Waals surface area contributed by atoms with Crippen molar-refractivity contribution >= 4 is 17.5 Å². The number of ether oxygens (including phenoxy) is 1. The molecule has 6 nitrogen and oxygen atoms in total. The Morgan fingerprint density at radius 2 is 2.10 bits per heavy atom. The van der Waals surface area contributed by atoms with E-state index in [2.05, 4.69) is 15.0 Å². The summed E-state index contributed by atoms with van der Waals surface area (Å²) < 4.78 is 18.9. The summed E-state index contributed by atoms with van der Waals surface area (Å²) in [5.74, 6) is 0.313. The van der Waals surface area contributed by atoms with Gasteiger partial charge in [-0.1, -0.05) is 11.6 Å². The molecule has 3 aromatic rings. The SMILES string of the molecule is Cc1ncc(-c2ccncc2)c(C2CCCN2C(=O)COc2ccc(F)c(Cl)c2)n1. The summed E-state index contributed by atoms with van der Waals surface area (Å²) in [4.78, 5) is 27.8. The molecule has 1 fully saturated rings. The van der Waals surface area contributed by atoms with Gasteiger partial charge in [-0.3, -0.25) is 9.78 Å². The molecule has 4 rings (SSSR count).